The second-order valence-corrected chi connectivity index (χ2v) is 8.54. The summed E-state index contributed by atoms with van der Waals surface area (Å²) in [5.74, 6) is -0.109. The van der Waals surface area contributed by atoms with E-state index in [0.29, 0.717) is 18.7 Å². The molecule has 1 aromatic rings. The zero-order valence-electron chi connectivity index (χ0n) is 14.6. The van der Waals surface area contributed by atoms with Gasteiger partial charge in [-0.25, -0.2) is 12.7 Å². The van der Waals surface area contributed by atoms with Crippen LogP contribution in [-0.4, -0.2) is 37.8 Å². The predicted molar refractivity (Wildman–Crippen MR) is 96.3 cm³/mol. The lowest BCUT2D eigenvalue weighted by molar-refractivity contribution is 0.0938. The molecule has 1 fully saturated rings. The van der Waals surface area contributed by atoms with Crippen molar-refractivity contribution in [2.75, 3.05) is 13.1 Å². The number of rotatable bonds is 7. The van der Waals surface area contributed by atoms with Crippen LogP contribution in [0.1, 0.15) is 61.9 Å². The second kappa shape index (κ2) is 8.62. The summed E-state index contributed by atoms with van der Waals surface area (Å²) in [5, 5.41) is 2.95. The average Bonchev–Trinajstić information content (AvgIpc) is 2.56. The molecule has 1 atom stereocenters. The Kier molecular flexibility index (Phi) is 6.80. The number of hydrogen-bond donors (Lipinski definition) is 1. The number of carbonyl (C=O) groups is 1. The first-order valence-corrected chi connectivity index (χ1v) is 10.4. The van der Waals surface area contributed by atoms with Crippen LogP contribution in [0, 0.1) is 0 Å². The second-order valence-electron chi connectivity index (χ2n) is 6.58. The molecule has 0 aliphatic carbocycles. The Morgan fingerprint density at radius 3 is 2.38 bits per heavy atom. The minimum atomic E-state index is -3.26. The topological polar surface area (TPSA) is 66.5 Å². The normalized spacial score (nSPS) is 17.4. The summed E-state index contributed by atoms with van der Waals surface area (Å²) in [5.41, 5.74) is 1.29. The van der Waals surface area contributed by atoms with Gasteiger partial charge in [0, 0.05) is 24.7 Å². The third-order valence-electron chi connectivity index (χ3n) is 4.37. The van der Waals surface area contributed by atoms with Gasteiger partial charge in [-0.1, -0.05) is 31.9 Å². The number of amides is 1. The van der Waals surface area contributed by atoms with Gasteiger partial charge in [0.1, 0.15) is 0 Å². The molecule has 5 nitrogen and oxygen atoms in total. The van der Waals surface area contributed by atoms with Crippen molar-refractivity contribution < 1.29 is 13.2 Å². The smallest absolute Gasteiger partial charge is 0.251 e. The van der Waals surface area contributed by atoms with Crippen molar-refractivity contribution in [1.29, 1.82) is 0 Å². The van der Waals surface area contributed by atoms with Gasteiger partial charge in [0.15, 0.2) is 0 Å². The summed E-state index contributed by atoms with van der Waals surface area (Å²) in [6.07, 6.45) is 4.95. The van der Waals surface area contributed by atoms with E-state index in [-0.39, 0.29) is 17.7 Å². The Bertz CT molecular complexity index is 635. The Balaban J connectivity index is 1.97. The standard InChI is InChI=1S/C18H28N2O3S/c1-3-7-15(2)19-18(21)17-10-8-16(9-11-17)14-24(22,23)20-12-5-4-6-13-20/h8-11,15H,3-7,12-14H2,1-2H3,(H,19,21). The molecule has 1 saturated heterocycles. The third-order valence-corrected chi connectivity index (χ3v) is 6.22. The van der Waals surface area contributed by atoms with Crippen molar-refractivity contribution in [3.8, 4) is 0 Å². The maximum Gasteiger partial charge on any atom is 0.251 e. The van der Waals surface area contributed by atoms with Gasteiger partial charge in [0.2, 0.25) is 10.0 Å². The van der Waals surface area contributed by atoms with Crippen LogP contribution < -0.4 is 5.32 Å². The van der Waals surface area contributed by atoms with Gasteiger partial charge in [0.25, 0.3) is 5.91 Å². The lowest BCUT2D eigenvalue weighted by Crippen LogP contribution is -2.36. The lowest BCUT2D eigenvalue weighted by atomic mass is 10.1. The molecule has 1 aliphatic rings. The van der Waals surface area contributed by atoms with Crippen LogP contribution in [0.15, 0.2) is 24.3 Å². The first-order chi connectivity index (χ1) is 11.4. The van der Waals surface area contributed by atoms with Crippen molar-refractivity contribution in [1.82, 2.24) is 9.62 Å². The zero-order valence-corrected chi connectivity index (χ0v) is 15.4. The summed E-state index contributed by atoms with van der Waals surface area (Å²) in [7, 11) is -3.26. The first-order valence-electron chi connectivity index (χ1n) is 8.80. The summed E-state index contributed by atoms with van der Waals surface area (Å²) < 4.78 is 26.5. The Morgan fingerprint density at radius 2 is 1.79 bits per heavy atom. The van der Waals surface area contributed by atoms with Gasteiger partial charge in [0.05, 0.1) is 5.75 Å². The van der Waals surface area contributed by atoms with E-state index in [9.17, 15) is 13.2 Å². The van der Waals surface area contributed by atoms with Crippen LogP contribution >= 0.6 is 0 Å². The number of nitrogens with one attached hydrogen (secondary N) is 1. The first kappa shape index (κ1) is 18.9. The summed E-state index contributed by atoms with van der Waals surface area (Å²) in [4.78, 5) is 12.1. The van der Waals surface area contributed by atoms with E-state index in [4.69, 9.17) is 0 Å². The molecule has 24 heavy (non-hydrogen) atoms. The molecule has 0 saturated carbocycles. The molecule has 1 aliphatic heterocycles. The maximum absolute atomic E-state index is 12.4. The van der Waals surface area contributed by atoms with Gasteiger partial charge in [-0.2, -0.15) is 0 Å². The van der Waals surface area contributed by atoms with Crippen molar-refractivity contribution in [3.63, 3.8) is 0 Å². The minimum Gasteiger partial charge on any atom is -0.350 e. The number of carbonyl (C=O) groups excluding carboxylic acids is 1. The highest BCUT2D eigenvalue weighted by Crippen LogP contribution is 2.17. The predicted octanol–water partition coefficient (Wildman–Crippen LogP) is 2.92. The molecular weight excluding hydrogens is 324 g/mol. The fourth-order valence-corrected chi connectivity index (χ4v) is 4.62. The van der Waals surface area contributed by atoms with Crippen molar-refractivity contribution in [2.24, 2.45) is 0 Å². The van der Waals surface area contributed by atoms with E-state index >= 15 is 0 Å². The summed E-state index contributed by atoms with van der Waals surface area (Å²) in [6, 6.07) is 7.02. The molecule has 134 valence electrons. The van der Waals surface area contributed by atoms with Gasteiger partial charge in [-0.3, -0.25) is 4.79 Å². The summed E-state index contributed by atoms with van der Waals surface area (Å²) >= 11 is 0. The molecule has 0 radical (unpaired) electrons. The fraction of sp³-hybridized carbons (Fsp3) is 0.611. The van der Waals surface area contributed by atoms with Crippen LogP contribution in [0.3, 0.4) is 0 Å². The van der Waals surface area contributed by atoms with E-state index in [1.807, 2.05) is 6.92 Å². The average molecular weight is 353 g/mol. The van der Waals surface area contributed by atoms with Crippen LogP contribution in [0.5, 0.6) is 0 Å². The third kappa shape index (κ3) is 5.31. The number of sulfonamides is 1. The van der Waals surface area contributed by atoms with Crippen molar-refractivity contribution >= 4 is 15.9 Å². The Labute approximate surface area is 145 Å². The largest absolute Gasteiger partial charge is 0.350 e. The maximum atomic E-state index is 12.4. The molecule has 0 aromatic heterocycles. The van der Waals surface area contributed by atoms with E-state index in [2.05, 4.69) is 12.2 Å². The SMILES string of the molecule is CCCC(C)NC(=O)c1ccc(CS(=O)(=O)N2CCCCC2)cc1. The van der Waals surface area contributed by atoms with Gasteiger partial charge in [-0.05, 0) is 43.9 Å². The number of hydrogen-bond acceptors (Lipinski definition) is 3. The molecule has 1 heterocycles. The molecule has 1 amide bonds. The lowest BCUT2D eigenvalue weighted by Gasteiger charge is -2.25. The fourth-order valence-electron chi connectivity index (χ4n) is 3.01. The van der Waals surface area contributed by atoms with Crippen LogP contribution in [-0.2, 0) is 15.8 Å². The zero-order chi connectivity index (χ0) is 17.6. The molecule has 2 rings (SSSR count). The van der Waals surface area contributed by atoms with Crippen LogP contribution in [0.25, 0.3) is 0 Å². The van der Waals surface area contributed by atoms with E-state index < -0.39 is 10.0 Å². The highest BCUT2D eigenvalue weighted by atomic mass is 32.2. The Morgan fingerprint density at radius 1 is 1.17 bits per heavy atom. The van der Waals surface area contributed by atoms with Gasteiger partial charge in [-0.15, -0.1) is 0 Å². The molecule has 1 N–H and O–H groups in total. The molecule has 1 unspecified atom stereocenters. The van der Waals surface area contributed by atoms with Gasteiger partial charge >= 0.3 is 0 Å². The highest BCUT2D eigenvalue weighted by molar-refractivity contribution is 7.88. The molecule has 0 spiro atoms. The van der Waals surface area contributed by atoms with E-state index in [1.165, 1.54) is 0 Å². The van der Waals surface area contributed by atoms with Crippen LogP contribution in [0.2, 0.25) is 0 Å². The molecule has 1 aromatic carbocycles. The molecule has 6 heteroatoms. The summed E-state index contributed by atoms with van der Waals surface area (Å²) in [6.45, 7) is 5.32. The minimum absolute atomic E-state index is 0.00113. The quantitative estimate of drug-likeness (QED) is 0.820. The van der Waals surface area contributed by atoms with Crippen LogP contribution in [0.4, 0.5) is 0 Å². The van der Waals surface area contributed by atoms with Crippen molar-refractivity contribution in [2.45, 2.75) is 57.7 Å². The number of nitrogens with zero attached hydrogens (tertiary/aromatic N) is 1. The number of benzene rings is 1. The molecule has 0 bridgehead atoms. The van der Waals surface area contributed by atoms with E-state index in [1.54, 1.807) is 28.6 Å². The van der Waals surface area contributed by atoms with Gasteiger partial charge < -0.3 is 5.32 Å². The van der Waals surface area contributed by atoms with Crippen molar-refractivity contribution in [3.05, 3.63) is 35.4 Å². The molecular formula is C18H28N2O3S. The monoisotopic (exact) mass is 352 g/mol. The number of piperidine rings is 1. The highest BCUT2D eigenvalue weighted by Gasteiger charge is 2.24. The van der Waals surface area contributed by atoms with E-state index in [0.717, 1.165) is 37.7 Å². The Hall–Kier alpha value is -1.40.